The van der Waals surface area contributed by atoms with E-state index >= 15 is 0 Å². The minimum atomic E-state index is 0.685. The molecule has 0 atom stereocenters. The normalized spacial score (nSPS) is 11.0. The standard InChI is InChI=1S/C25H26N4S/c1-3-6-21-23(4-2)30-24-8-5-7-22(25(21)24)28-15-20-14-27-17-29(20)16-19-11-9-18(13-26)10-12-19/h5,7-12,14,17,28H,3-4,6,15-16H2,1-2H3. The van der Waals surface area contributed by atoms with Gasteiger partial charge in [0.25, 0.3) is 0 Å². The van der Waals surface area contributed by atoms with Gasteiger partial charge in [-0.25, -0.2) is 4.98 Å². The van der Waals surface area contributed by atoms with Gasteiger partial charge in [-0.2, -0.15) is 5.26 Å². The summed E-state index contributed by atoms with van der Waals surface area (Å²) in [5.41, 5.74) is 5.70. The van der Waals surface area contributed by atoms with Gasteiger partial charge in [0.2, 0.25) is 0 Å². The van der Waals surface area contributed by atoms with E-state index in [1.54, 1.807) is 0 Å². The van der Waals surface area contributed by atoms with Gasteiger partial charge in [0, 0.05) is 33.4 Å². The minimum absolute atomic E-state index is 0.685. The second kappa shape index (κ2) is 9.15. The number of imidazole rings is 1. The van der Waals surface area contributed by atoms with Crippen LogP contribution in [0.25, 0.3) is 10.1 Å². The zero-order chi connectivity index (χ0) is 20.9. The molecular formula is C25H26N4S. The van der Waals surface area contributed by atoms with Crippen molar-refractivity contribution >= 4 is 27.1 Å². The molecule has 4 nitrogen and oxygen atoms in total. The van der Waals surface area contributed by atoms with Gasteiger partial charge in [0.15, 0.2) is 0 Å². The van der Waals surface area contributed by atoms with E-state index in [2.05, 4.69) is 53.0 Å². The quantitative estimate of drug-likeness (QED) is 0.376. The molecule has 5 heteroatoms. The lowest BCUT2D eigenvalue weighted by Gasteiger charge is -2.12. The van der Waals surface area contributed by atoms with Crippen molar-refractivity contribution < 1.29 is 0 Å². The first kappa shape index (κ1) is 20.2. The summed E-state index contributed by atoms with van der Waals surface area (Å²) in [5.74, 6) is 0. The third-order valence-corrected chi connectivity index (χ3v) is 6.75. The summed E-state index contributed by atoms with van der Waals surface area (Å²) in [7, 11) is 0. The van der Waals surface area contributed by atoms with Crippen molar-refractivity contribution in [2.75, 3.05) is 5.32 Å². The van der Waals surface area contributed by atoms with Crippen molar-refractivity contribution in [1.82, 2.24) is 9.55 Å². The Morgan fingerprint density at radius 2 is 1.97 bits per heavy atom. The molecule has 30 heavy (non-hydrogen) atoms. The predicted molar refractivity (Wildman–Crippen MR) is 125 cm³/mol. The molecule has 0 aliphatic rings. The molecule has 4 rings (SSSR count). The number of benzene rings is 2. The Kier molecular flexibility index (Phi) is 6.15. The number of hydrogen-bond acceptors (Lipinski definition) is 4. The van der Waals surface area contributed by atoms with Crippen LogP contribution in [-0.2, 0) is 25.9 Å². The van der Waals surface area contributed by atoms with Crippen LogP contribution in [0.3, 0.4) is 0 Å². The number of rotatable bonds is 8. The number of nitrogens with one attached hydrogen (secondary N) is 1. The maximum absolute atomic E-state index is 8.98. The van der Waals surface area contributed by atoms with Crippen LogP contribution < -0.4 is 5.32 Å². The summed E-state index contributed by atoms with van der Waals surface area (Å²) in [6, 6.07) is 16.5. The van der Waals surface area contributed by atoms with E-state index in [0.29, 0.717) is 5.56 Å². The summed E-state index contributed by atoms with van der Waals surface area (Å²) < 4.78 is 3.53. The summed E-state index contributed by atoms with van der Waals surface area (Å²) in [6.45, 7) is 5.96. The Bertz CT molecular complexity index is 1180. The van der Waals surface area contributed by atoms with Crippen LogP contribution in [0.1, 0.15) is 47.5 Å². The molecule has 2 heterocycles. The van der Waals surface area contributed by atoms with E-state index < -0.39 is 0 Å². The molecule has 0 amide bonds. The fraction of sp³-hybridized carbons (Fsp3) is 0.280. The second-order valence-corrected chi connectivity index (χ2v) is 8.60. The SMILES string of the molecule is CCCc1c(CC)sc2cccc(NCc3cncn3Cc3ccc(C#N)cc3)c12. The summed E-state index contributed by atoms with van der Waals surface area (Å²) in [5, 5.41) is 14.0. The Morgan fingerprint density at radius 3 is 2.70 bits per heavy atom. The van der Waals surface area contributed by atoms with Gasteiger partial charge in [-0.3, -0.25) is 0 Å². The Hall–Kier alpha value is -3.10. The van der Waals surface area contributed by atoms with Crippen molar-refractivity contribution in [2.24, 2.45) is 0 Å². The maximum Gasteiger partial charge on any atom is 0.0991 e. The number of aryl methyl sites for hydroxylation is 2. The molecule has 4 aromatic rings. The molecule has 0 aliphatic heterocycles. The summed E-state index contributed by atoms with van der Waals surface area (Å²) in [4.78, 5) is 5.87. The summed E-state index contributed by atoms with van der Waals surface area (Å²) >= 11 is 1.93. The molecule has 2 aromatic heterocycles. The van der Waals surface area contributed by atoms with E-state index in [9.17, 15) is 0 Å². The van der Waals surface area contributed by atoms with Gasteiger partial charge >= 0.3 is 0 Å². The van der Waals surface area contributed by atoms with Gasteiger partial charge in [0.1, 0.15) is 0 Å². The molecule has 0 radical (unpaired) electrons. The monoisotopic (exact) mass is 414 g/mol. The fourth-order valence-electron chi connectivity index (χ4n) is 3.91. The van der Waals surface area contributed by atoms with Crippen molar-refractivity contribution in [3.63, 3.8) is 0 Å². The van der Waals surface area contributed by atoms with Crippen LogP contribution in [0, 0.1) is 11.3 Å². The number of anilines is 1. The molecule has 0 saturated heterocycles. The Morgan fingerprint density at radius 1 is 1.13 bits per heavy atom. The van der Waals surface area contributed by atoms with E-state index in [0.717, 1.165) is 43.6 Å². The molecule has 0 bridgehead atoms. The molecule has 2 aromatic carbocycles. The van der Waals surface area contributed by atoms with E-state index in [1.165, 1.54) is 26.2 Å². The largest absolute Gasteiger partial charge is 0.379 e. The smallest absolute Gasteiger partial charge is 0.0991 e. The van der Waals surface area contributed by atoms with Crippen molar-refractivity contribution in [2.45, 2.75) is 46.2 Å². The van der Waals surface area contributed by atoms with Crippen molar-refractivity contribution in [1.29, 1.82) is 5.26 Å². The van der Waals surface area contributed by atoms with Crippen LogP contribution in [0.4, 0.5) is 5.69 Å². The molecular weight excluding hydrogens is 388 g/mol. The number of nitrogens with zero attached hydrogens (tertiary/aromatic N) is 3. The average molecular weight is 415 g/mol. The number of aromatic nitrogens is 2. The third kappa shape index (κ3) is 4.10. The molecule has 1 N–H and O–H groups in total. The lowest BCUT2D eigenvalue weighted by atomic mass is 10.0. The topological polar surface area (TPSA) is 53.6 Å². The lowest BCUT2D eigenvalue weighted by Crippen LogP contribution is -2.08. The Balaban J connectivity index is 1.56. The fourth-order valence-corrected chi connectivity index (χ4v) is 5.13. The van der Waals surface area contributed by atoms with Crippen LogP contribution >= 0.6 is 11.3 Å². The van der Waals surface area contributed by atoms with Gasteiger partial charge < -0.3 is 9.88 Å². The first-order chi connectivity index (χ1) is 14.7. The zero-order valence-corrected chi connectivity index (χ0v) is 18.3. The minimum Gasteiger partial charge on any atom is -0.379 e. The van der Waals surface area contributed by atoms with Crippen LogP contribution in [0.15, 0.2) is 55.0 Å². The molecule has 0 unspecified atom stereocenters. The first-order valence-corrected chi connectivity index (χ1v) is 11.3. The average Bonchev–Trinajstić information content (AvgIpc) is 3.37. The predicted octanol–water partition coefficient (Wildman–Crippen LogP) is 6.14. The van der Waals surface area contributed by atoms with Gasteiger partial charge in [-0.05, 0) is 48.2 Å². The molecule has 152 valence electrons. The van der Waals surface area contributed by atoms with Gasteiger partial charge in [-0.15, -0.1) is 11.3 Å². The number of fused-ring (bicyclic) bond motifs is 1. The third-order valence-electron chi connectivity index (χ3n) is 5.41. The number of nitriles is 1. The molecule has 0 fully saturated rings. The van der Waals surface area contributed by atoms with Gasteiger partial charge in [-0.1, -0.05) is 38.5 Å². The van der Waals surface area contributed by atoms with Crippen LogP contribution in [-0.4, -0.2) is 9.55 Å². The van der Waals surface area contributed by atoms with E-state index in [-0.39, 0.29) is 0 Å². The molecule has 0 saturated carbocycles. The maximum atomic E-state index is 8.98. The highest BCUT2D eigenvalue weighted by molar-refractivity contribution is 7.19. The highest BCUT2D eigenvalue weighted by atomic mass is 32.1. The summed E-state index contributed by atoms with van der Waals surface area (Å²) in [6.07, 6.45) is 7.17. The molecule has 0 aliphatic carbocycles. The van der Waals surface area contributed by atoms with E-state index in [4.69, 9.17) is 5.26 Å². The van der Waals surface area contributed by atoms with Crippen molar-refractivity contribution in [3.8, 4) is 6.07 Å². The van der Waals surface area contributed by atoms with Gasteiger partial charge in [0.05, 0.1) is 30.2 Å². The first-order valence-electron chi connectivity index (χ1n) is 10.5. The molecule has 0 spiro atoms. The highest BCUT2D eigenvalue weighted by Gasteiger charge is 2.14. The number of hydrogen-bond donors (Lipinski definition) is 1. The highest BCUT2D eigenvalue weighted by Crippen LogP contribution is 2.37. The second-order valence-electron chi connectivity index (χ2n) is 7.46. The Labute approximate surface area is 181 Å². The van der Waals surface area contributed by atoms with Crippen LogP contribution in [0.2, 0.25) is 0 Å². The zero-order valence-electron chi connectivity index (χ0n) is 17.5. The lowest BCUT2D eigenvalue weighted by molar-refractivity contribution is 0.749. The van der Waals surface area contributed by atoms with E-state index in [1.807, 2.05) is 48.1 Å². The number of thiophene rings is 1. The van der Waals surface area contributed by atoms with Crippen molar-refractivity contribution in [3.05, 3.63) is 82.3 Å². The van der Waals surface area contributed by atoms with Crippen LogP contribution in [0.5, 0.6) is 0 Å².